The first-order valence-electron chi connectivity index (χ1n) is 11.1. The van der Waals surface area contributed by atoms with Crippen LogP contribution in [-0.2, 0) is 6.54 Å². The van der Waals surface area contributed by atoms with E-state index < -0.39 is 0 Å². The first kappa shape index (κ1) is 19.6. The molecule has 1 aliphatic heterocycles. The van der Waals surface area contributed by atoms with Gasteiger partial charge in [-0.05, 0) is 74.2 Å². The lowest BCUT2D eigenvalue weighted by Gasteiger charge is -2.39. The van der Waals surface area contributed by atoms with E-state index in [0.717, 1.165) is 27.9 Å². The second-order valence-corrected chi connectivity index (χ2v) is 9.76. The molecule has 0 atom stereocenters. The van der Waals surface area contributed by atoms with E-state index in [4.69, 9.17) is 9.98 Å². The maximum Gasteiger partial charge on any atom is 0.171 e. The highest BCUT2D eigenvalue weighted by atomic mass is 32.2. The minimum absolute atomic E-state index is 0.580. The number of aryl methyl sites for hydroxylation is 3. The number of aliphatic imine (C=N–C) groups is 1. The molecule has 2 heterocycles. The molecule has 4 heteroatoms. The zero-order valence-electron chi connectivity index (χ0n) is 18.1. The van der Waals surface area contributed by atoms with Crippen molar-refractivity contribution in [3.05, 3.63) is 64.7 Å². The first-order valence-corrected chi connectivity index (χ1v) is 11.9. The molecule has 3 nitrogen and oxygen atoms in total. The number of nitrogens with zero attached hydrogens (tertiary/aromatic N) is 3. The maximum atomic E-state index is 5.20. The predicted octanol–water partition coefficient (Wildman–Crippen LogP) is 7.09. The van der Waals surface area contributed by atoms with Crippen LogP contribution in [0.2, 0.25) is 0 Å². The number of hydrogen-bond donors (Lipinski definition) is 0. The minimum atomic E-state index is 0.580. The molecule has 5 rings (SSSR count). The number of para-hydroxylation sites is 1. The average Bonchev–Trinajstić information content (AvgIpc) is 2.76. The number of amidine groups is 1. The van der Waals surface area contributed by atoms with E-state index in [1.165, 1.54) is 59.7 Å². The van der Waals surface area contributed by atoms with E-state index in [2.05, 4.69) is 68.1 Å². The number of thioether (sulfide) groups is 1. The Hall–Kier alpha value is -2.33. The lowest BCUT2D eigenvalue weighted by molar-refractivity contribution is 0.238. The van der Waals surface area contributed by atoms with Crippen molar-refractivity contribution in [3.8, 4) is 0 Å². The third-order valence-electron chi connectivity index (χ3n) is 6.46. The fraction of sp³-hybridized carbons (Fsp3) is 0.385. The van der Waals surface area contributed by atoms with Crippen molar-refractivity contribution in [2.45, 2.75) is 70.5 Å². The number of hydrogen-bond acceptors (Lipinski definition) is 3. The summed E-state index contributed by atoms with van der Waals surface area (Å²) in [6.45, 7) is 7.35. The standard InChI is InChI=1S/C26H29N3S/c1-17-12-13-18(2)23(14-17)27-26-29(22-10-5-4-6-11-22)16-21-15-20-9-7-8-19(3)24(20)28-25(21)30-26/h7-9,12-15,22H,4-6,10-11,16H2,1-3H3. The Morgan fingerprint density at radius 1 is 0.967 bits per heavy atom. The molecule has 3 aromatic rings. The van der Waals surface area contributed by atoms with Gasteiger partial charge in [-0.2, -0.15) is 0 Å². The van der Waals surface area contributed by atoms with Gasteiger partial charge in [0, 0.05) is 23.5 Å². The molecule has 0 spiro atoms. The SMILES string of the molecule is Cc1ccc(C)c(N=C2Sc3nc4c(C)cccc4cc3CN2C2CCCCC2)c1. The molecule has 30 heavy (non-hydrogen) atoms. The topological polar surface area (TPSA) is 28.5 Å². The van der Waals surface area contributed by atoms with Crippen LogP contribution in [0.5, 0.6) is 0 Å². The normalized spacial score (nSPS) is 18.8. The van der Waals surface area contributed by atoms with Crippen LogP contribution in [-0.4, -0.2) is 21.1 Å². The van der Waals surface area contributed by atoms with E-state index >= 15 is 0 Å². The molecule has 0 radical (unpaired) electrons. The monoisotopic (exact) mass is 415 g/mol. The molecule has 1 aliphatic carbocycles. The van der Waals surface area contributed by atoms with E-state index in [0.29, 0.717) is 6.04 Å². The van der Waals surface area contributed by atoms with Crippen LogP contribution in [0, 0.1) is 20.8 Å². The van der Waals surface area contributed by atoms with E-state index in [1.54, 1.807) is 11.8 Å². The van der Waals surface area contributed by atoms with Crippen LogP contribution in [0.25, 0.3) is 10.9 Å². The molecule has 2 aliphatic rings. The number of rotatable bonds is 2. The van der Waals surface area contributed by atoms with Crippen molar-refractivity contribution < 1.29 is 0 Å². The van der Waals surface area contributed by atoms with Gasteiger partial charge in [0.1, 0.15) is 5.03 Å². The van der Waals surface area contributed by atoms with Gasteiger partial charge in [-0.15, -0.1) is 0 Å². The molecular weight excluding hydrogens is 386 g/mol. The minimum Gasteiger partial charge on any atom is -0.343 e. The molecule has 2 aromatic carbocycles. The van der Waals surface area contributed by atoms with Crippen molar-refractivity contribution in [1.29, 1.82) is 0 Å². The van der Waals surface area contributed by atoms with Crippen molar-refractivity contribution in [1.82, 2.24) is 9.88 Å². The summed E-state index contributed by atoms with van der Waals surface area (Å²) in [5, 5.41) is 3.48. The summed E-state index contributed by atoms with van der Waals surface area (Å²) < 4.78 is 0. The molecule has 0 saturated heterocycles. The van der Waals surface area contributed by atoms with Crippen LogP contribution >= 0.6 is 11.8 Å². The number of pyridine rings is 1. The van der Waals surface area contributed by atoms with E-state index in [9.17, 15) is 0 Å². The first-order chi connectivity index (χ1) is 14.6. The number of benzene rings is 2. The summed E-state index contributed by atoms with van der Waals surface area (Å²) in [4.78, 5) is 12.9. The van der Waals surface area contributed by atoms with Gasteiger partial charge in [0.05, 0.1) is 11.2 Å². The molecule has 1 fully saturated rings. The quantitative estimate of drug-likeness (QED) is 0.447. The molecule has 0 unspecified atom stereocenters. The Morgan fingerprint density at radius 2 is 1.80 bits per heavy atom. The summed E-state index contributed by atoms with van der Waals surface area (Å²) in [6.07, 6.45) is 6.54. The summed E-state index contributed by atoms with van der Waals surface area (Å²) in [6, 6.07) is 15.9. The van der Waals surface area contributed by atoms with Gasteiger partial charge in [0.25, 0.3) is 0 Å². The zero-order chi connectivity index (χ0) is 20.7. The Balaban J connectivity index is 1.61. The highest BCUT2D eigenvalue weighted by Gasteiger charge is 2.30. The fourth-order valence-corrected chi connectivity index (χ4v) is 5.72. The summed E-state index contributed by atoms with van der Waals surface area (Å²) in [5.41, 5.74) is 7.25. The van der Waals surface area contributed by atoms with Crippen molar-refractivity contribution >= 4 is 33.5 Å². The van der Waals surface area contributed by atoms with Gasteiger partial charge in [0.2, 0.25) is 0 Å². The number of fused-ring (bicyclic) bond motifs is 2. The lowest BCUT2D eigenvalue weighted by Crippen LogP contribution is -2.41. The van der Waals surface area contributed by atoms with Gasteiger partial charge < -0.3 is 4.90 Å². The lowest BCUT2D eigenvalue weighted by atomic mass is 9.94. The van der Waals surface area contributed by atoms with Gasteiger partial charge in [-0.1, -0.05) is 49.6 Å². The second-order valence-electron chi connectivity index (χ2n) is 8.81. The van der Waals surface area contributed by atoms with E-state index in [1.807, 2.05) is 0 Å². The Kier molecular flexibility index (Phi) is 5.28. The molecule has 1 saturated carbocycles. The highest BCUT2D eigenvalue weighted by molar-refractivity contribution is 8.13. The van der Waals surface area contributed by atoms with E-state index in [-0.39, 0.29) is 0 Å². The maximum absolute atomic E-state index is 5.20. The van der Waals surface area contributed by atoms with Crippen LogP contribution in [0.15, 0.2) is 52.5 Å². The highest BCUT2D eigenvalue weighted by Crippen LogP contribution is 2.38. The molecule has 0 bridgehead atoms. The van der Waals surface area contributed by atoms with Crippen LogP contribution in [0.3, 0.4) is 0 Å². The largest absolute Gasteiger partial charge is 0.343 e. The smallest absolute Gasteiger partial charge is 0.171 e. The van der Waals surface area contributed by atoms with Crippen molar-refractivity contribution in [3.63, 3.8) is 0 Å². The predicted molar refractivity (Wildman–Crippen MR) is 128 cm³/mol. The molecule has 154 valence electrons. The summed E-state index contributed by atoms with van der Waals surface area (Å²) >= 11 is 1.76. The second kappa shape index (κ2) is 8.07. The molecule has 0 amide bonds. The van der Waals surface area contributed by atoms with Crippen LogP contribution in [0.1, 0.15) is 54.4 Å². The number of aromatic nitrogens is 1. The Labute approximate surface area is 183 Å². The van der Waals surface area contributed by atoms with Gasteiger partial charge in [-0.25, -0.2) is 9.98 Å². The molecule has 0 N–H and O–H groups in total. The molecular formula is C26H29N3S. The summed E-state index contributed by atoms with van der Waals surface area (Å²) in [5.74, 6) is 0. The third kappa shape index (κ3) is 3.74. The van der Waals surface area contributed by atoms with Crippen molar-refractivity contribution in [2.24, 2.45) is 4.99 Å². The van der Waals surface area contributed by atoms with Crippen molar-refractivity contribution in [2.75, 3.05) is 0 Å². The molecule has 1 aromatic heterocycles. The van der Waals surface area contributed by atoms with Gasteiger partial charge >= 0.3 is 0 Å². The third-order valence-corrected chi connectivity index (χ3v) is 7.51. The fourth-order valence-electron chi connectivity index (χ4n) is 4.68. The summed E-state index contributed by atoms with van der Waals surface area (Å²) in [7, 11) is 0. The Bertz CT molecular complexity index is 1130. The average molecular weight is 416 g/mol. The Morgan fingerprint density at radius 3 is 2.63 bits per heavy atom. The van der Waals surface area contributed by atoms with Crippen LogP contribution < -0.4 is 0 Å². The van der Waals surface area contributed by atoms with Crippen LogP contribution in [0.4, 0.5) is 5.69 Å². The zero-order valence-corrected chi connectivity index (χ0v) is 18.9. The van der Waals surface area contributed by atoms with Gasteiger partial charge in [-0.3, -0.25) is 0 Å². The van der Waals surface area contributed by atoms with Gasteiger partial charge in [0.15, 0.2) is 5.17 Å².